The predicted octanol–water partition coefficient (Wildman–Crippen LogP) is 1.43. The van der Waals surface area contributed by atoms with Gasteiger partial charge in [-0.2, -0.15) is 0 Å². The third kappa shape index (κ3) is 1.99. The minimum Gasteiger partial charge on any atom is -0.225 e. The first kappa shape index (κ1) is 10.4. The van der Waals surface area contributed by atoms with Crippen molar-refractivity contribution in [1.82, 2.24) is 0 Å². The van der Waals surface area contributed by atoms with E-state index in [1.807, 2.05) is 0 Å². The van der Waals surface area contributed by atoms with Gasteiger partial charge in [0.25, 0.3) is 0 Å². The molecule has 0 aliphatic heterocycles. The standard InChI is InChI=1S/C7H7ClFNO2S/c1-4-2-3-5(8)6(9)7(4)13(10,11)12/h2-3H,1H3,(H2,10,11,12). The summed E-state index contributed by atoms with van der Waals surface area (Å²) >= 11 is 5.40. The molecule has 0 atom stereocenters. The van der Waals surface area contributed by atoms with Crippen LogP contribution in [0.5, 0.6) is 0 Å². The maximum Gasteiger partial charge on any atom is 0.241 e. The topological polar surface area (TPSA) is 60.2 Å². The Morgan fingerprint density at radius 2 is 2.00 bits per heavy atom. The van der Waals surface area contributed by atoms with Crippen molar-refractivity contribution < 1.29 is 12.8 Å². The zero-order valence-corrected chi connectivity index (χ0v) is 8.29. The van der Waals surface area contributed by atoms with E-state index >= 15 is 0 Å². The van der Waals surface area contributed by atoms with Crippen LogP contribution in [0, 0.1) is 12.7 Å². The van der Waals surface area contributed by atoms with Gasteiger partial charge >= 0.3 is 0 Å². The van der Waals surface area contributed by atoms with Gasteiger partial charge in [-0.1, -0.05) is 17.7 Å². The minimum absolute atomic E-state index is 0.240. The van der Waals surface area contributed by atoms with E-state index in [2.05, 4.69) is 0 Å². The van der Waals surface area contributed by atoms with E-state index in [0.29, 0.717) is 0 Å². The first-order valence-electron chi connectivity index (χ1n) is 3.31. The molecule has 0 saturated heterocycles. The molecule has 0 bridgehead atoms. The largest absolute Gasteiger partial charge is 0.241 e. The van der Waals surface area contributed by atoms with E-state index in [1.54, 1.807) is 0 Å². The highest BCUT2D eigenvalue weighted by Gasteiger charge is 2.19. The zero-order valence-electron chi connectivity index (χ0n) is 6.71. The molecule has 1 aromatic rings. The zero-order chi connectivity index (χ0) is 10.2. The average Bonchev–Trinajstić information content (AvgIpc) is 1.95. The Bertz CT molecular complexity index is 444. The van der Waals surface area contributed by atoms with Crippen molar-refractivity contribution in [2.45, 2.75) is 11.8 Å². The summed E-state index contributed by atoms with van der Waals surface area (Å²) in [6, 6.07) is 2.67. The fourth-order valence-corrected chi connectivity index (χ4v) is 2.07. The lowest BCUT2D eigenvalue weighted by Crippen LogP contribution is -2.15. The molecule has 0 fully saturated rings. The lowest BCUT2D eigenvalue weighted by Gasteiger charge is -2.05. The van der Waals surface area contributed by atoms with Crippen molar-refractivity contribution in [3.8, 4) is 0 Å². The summed E-state index contributed by atoms with van der Waals surface area (Å²) in [5.74, 6) is -0.996. The van der Waals surface area contributed by atoms with Crippen molar-refractivity contribution in [3.05, 3.63) is 28.5 Å². The van der Waals surface area contributed by atoms with Gasteiger partial charge in [0.1, 0.15) is 4.90 Å². The summed E-state index contributed by atoms with van der Waals surface area (Å²) in [4.78, 5) is -0.542. The van der Waals surface area contributed by atoms with E-state index < -0.39 is 20.7 Å². The number of aryl methyl sites for hydroxylation is 1. The van der Waals surface area contributed by atoms with Gasteiger partial charge in [-0.25, -0.2) is 17.9 Å². The van der Waals surface area contributed by atoms with Gasteiger partial charge in [-0.15, -0.1) is 0 Å². The summed E-state index contributed by atoms with van der Waals surface area (Å²) in [6.07, 6.45) is 0. The highest BCUT2D eigenvalue weighted by Crippen LogP contribution is 2.24. The van der Waals surface area contributed by atoms with Gasteiger partial charge < -0.3 is 0 Å². The van der Waals surface area contributed by atoms with Gasteiger partial charge in [0, 0.05) is 0 Å². The molecule has 0 unspecified atom stereocenters. The van der Waals surface area contributed by atoms with Crippen LogP contribution in [0.3, 0.4) is 0 Å². The molecular formula is C7H7ClFNO2S. The summed E-state index contributed by atoms with van der Waals surface area (Å²) in [6.45, 7) is 1.44. The molecule has 0 aromatic heterocycles. The van der Waals surface area contributed by atoms with E-state index in [4.69, 9.17) is 16.7 Å². The van der Waals surface area contributed by atoms with E-state index in [-0.39, 0.29) is 10.6 Å². The Labute approximate surface area is 80.4 Å². The Hall–Kier alpha value is -0.650. The number of sulfonamides is 1. The molecule has 0 radical (unpaired) electrons. The van der Waals surface area contributed by atoms with E-state index in [1.165, 1.54) is 19.1 Å². The lowest BCUT2D eigenvalue weighted by molar-refractivity contribution is 0.566. The Morgan fingerprint density at radius 3 is 2.38 bits per heavy atom. The van der Waals surface area contributed by atoms with Crippen LogP contribution in [0.15, 0.2) is 17.0 Å². The van der Waals surface area contributed by atoms with E-state index in [0.717, 1.165) is 0 Å². The summed E-state index contributed by atoms with van der Waals surface area (Å²) in [5, 5.41) is 4.55. The molecule has 13 heavy (non-hydrogen) atoms. The second kappa shape index (κ2) is 3.25. The number of hydrogen-bond acceptors (Lipinski definition) is 2. The SMILES string of the molecule is Cc1ccc(Cl)c(F)c1S(N)(=O)=O. The first-order chi connectivity index (χ1) is 5.84. The first-order valence-corrected chi connectivity index (χ1v) is 5.24. The number of halogens is 2. The van der Waals surface area contributed by atoms with Crippen molar-refractivity contribution in [2.75, 3.05) is 0 Å². The summed E-state index contributed by atoms with van der Waals surface area (Å²) < 4.78 is 35.0. The fraction of sp³-hybridized carbons (Fsp3) is 0.143. The third-order valence-electron chi connectivity index (χ3n) is 1.53. The lowest BCUT2D eigenvalue weighted by atomic mass is 10.2. The molecule has 0 aliphatic rings. The van der Waals surface area contributed by atoms with Gasteiger partial charge in [0.15, 0.2) is 5.82 Å². The van der Waals surface area contributed by atoms with Crippen molar-refractivity contribution in [1.29, 1.82) is 0 Å². The number of rotatable bonds is 1. The molecule has 0 heterocycles. The van der Waals surface area contributed by atoms with Crippen LogP contribution in [0.1, 0.15) is 5.56 Å². The molecular weight excluding hydrogens is 217 g/mol. The maximum absolute atomic E-state index is 13.2. The van der Waals surface area contributed by atoms with E-state index in [9.17, 15) is 12.8 Å². The van der Waals surface area contributed by atoms with Crippen molar-refractivity contribution in [3.63, 3.8) is 0 Å². The number of hydrogen-bond donors (Lipinski definition) is 1. The van der Waals surface area contributed by atoms with Crippen LogP contribution in [0.25, 0.3) is 0 Å². The van der Waals surface area contributed by atoms with Crippen LogP contribution in [-0.2, 0) is 10.0 Å². The van der Waals surface area contributed by atoms with Gasteiger partial charge in [-0.05, 0) is 18.6 Å². The van der Waals surface area contributed by atoms with Gasteiger partial charge in [0.05, 0.1) is 5.02 Å². The molecule has 3 nitrogen and oxygen atoms in total. The highest BCUT2D eigenvalue weighted by molar-refractivity contribution is 7.89. The molecule has 1 aromatic carbocycles. The monoisotopic (exact) mass is 223 g/mol. The van der Waals surface area contributed by atoms with Gasteiger partial charge in [-0.3, -0.25) is 0 Å². The van der Waals surface area contributed by atoms with Crippen LogP contribution >= 0.6 is 11.6 Å². The smallest absolute Gasteiger partial charge is 0.225 e. The minimum atomic E-state index is -4.05. The molecule has 1 rings (SSSR count). The predicted molar refractivity (Wildman–Crippen MR) is 47.5 cm³/mol. The van der Waals surface area contributed by atoms with Crippen LogP contribution in [-0.4, -0.2) is 8.42 Å². The van der Waals surface area contributed by atoms with Gasteiger partial charge in [0.2, 0.25) is 10.0 Å². The quantitative estimate of drug-likeness (QED) is 0.783. The molecule has 72 valence electrons. The van der Waals surface area contributed by atoms with Crippen LogP contribution < -0.4 is 5.14 Å². The molecule has 6 heteroatoms. The number of nitrogens with two attached hydrogens (primary N) is 1. The number of primary sulfonamides is 1. The molecule has 0 saturated carbocycles. The Kier molecular flexibility index (Phi) is 2.61. The summed E-state index contributed by atoms with van der Waals surface area (Å²) in [7, 11) is -4.05. The van der Waals surface area contributed by atoms with Crippen molar-refractivity contribution in [2.24, 2.45) is 5.14 Å². The fourth-order valence-electron chi connectivity index (χ4n) is 0.978. The second-order valence-electron chi connectivity index (χ2n) is 2.55. The molecule has 0 amide bonds. The second-order valence-corrected chi connectivity index (χ2v) is 4.46. The summed E-state index contributed by atoms with van der Waals surface area (Å²) in [5.41, 5.74) is 0.240. The molecule has 0 spiro atoms. The number of benzene rings is 1. The normalized spacial score (nSPS) is 11.7. The average molecular weight is 224 g/mol. The van der Waals surface area contributed by atoms with Crippen molar-refractivity contribution >= 4 is 21.6 Å². The molecule has 2 N–H and O–H groups in total. The maximum atomic E-state index is 13.2. The van der Waals surface area contributed by atoms with Crippen LogP contribution in [0.2, 0.25) is 5.02 Å². The Balaban J connectivity index is 3.62. The molecule has 0 aliphatic carbocycles. The highest BCUT2D eigenvalue weighted by atomic mass is 35.5. The van der Waals surface area contributed by atoms with Crippen LogP contribution in [0.4, 0.5) is 4.39 Å². The Morgan fingerprint density at radius 1 is 1.46 bits per heavy atom. The third-order valence-corrected chi connectivity index (χ3v) is 2.89.